The number of rotatable bonds is 7. The van der Waals surface area contributed by atoms with E-state index in [1.165, 1.54) is 66.8 Å². The summed E-state index contributed by atoms with van der Waals surface area (Å²) in [5, 5.41) is 0. The molecule has 0 spiro atoms. The first-order valence-corrected chi connectivity index (χ1v) is 20.7. The number of benzene rings is 9. The molecular formula is C57H39NO2. The van der Waals surface area contributed by atoms with Crippen molar-refractivity contribution in [3.8, 4) is 33.8 Å². The van der Waals surface area contributed by atoms with Crippen LogP contribution in [-0.4, -0.2) is 6.79 Å². The predicted molar refractivity (Wildman–Crippen MR) is 242 cm³/mol. The van der Waals surface area contributed by atoms with E-state index in [2.05, 4.69) is 223 Å². The highest BCUT2D eigenvalue weighted by Crippen LogP contribution is 2.61. The van der Waals surface area contributed by atoms with Gasteiger partial charge in [-0.3, -0.25) is 0 Å². The zero-order chi connectivity index (χ0) is 39.7. The van der Waals surface area contributed by atoms with Crippen molar-refractivity contribution in [1.29, 1.82) is 0 Å². The summed E-state index contributed by atoms with van der Waals surface area (Å²) < 4.78 is 11.9. The molecule has 0 amide bonds. The van der Waals surface area contributed by atoms with E-state index in [0.29, 0.717) is 0 Å². The first-order chi connectivity index (χ1) is 29.8. The fourth-order valence-electron chi connectivity index (χ4n) is 10.7. The molecule has 3 aliphatic rings. The topological polar surface area (TPSA) is 21.7 Å². The summed E-state index contributed by atoms with van der Waals surface area (Å²) in [4.78, 5) is 2.43. The van der Waals surface area contributed by atoms with Gasteiger partial charge in [0.1, 0.15) is 0 Å². The normalized spacial score (nSPS) is 14.5. The molecule has 284 valence electrons. The lowest BCUT2D eigenvalue weighted by molar-refractivity contribution is 0.174. The van der Waals surface area contributed by atoms with Gasteiger partial charge in [-0.2, -0.15) is 0 Å². The third-order valence-corrected chi connectivity index (χ3v) is 13.0. The summed E-state index contributed by atoms with van der Waals surface area (Å²) in [6, 6.07) is 82.2. The van der Waals surface area contributed by atoms with Crippen LogP contribution in [0.15, 0.2) is 224 Å². The molecule has 1 heterocycles. The van der Waals surface area contributed by atoms with Crippen LogP contribution >= 0.6 is 0 Å². The minimum absolute atomic E-state index is 0.209. The molecule has 0 saturated heterocycles. The predicted octanol–water partition coefficient (Wildman–Crippen LogP) is 13.6. The zero-order valence-corrected chi connectivity index (χ0v) is 32.8. The zero-order valence-electron chi connectivity index (χ0n) is 32.8. The maximum absolute atomic E-state index is 6.06. The van der Waals surface area contributed by atoms with E-state index in [-0.39, 0.29) is 6.79 Å². The van der Waals surface area contributed by atoms with E-state index < -0.39 is 10.8 Å². The van der Waals surface area contributed by atoms with E-state index in [9.17, 15) is 0 Å². The molecule has 3 nitrogen and oxygen atoms in total. The maximum Gasteiger partial charge on any atom is 0.231 e. The Morgan fingerprint density at radius 2 is 0.783 bits per heavy atom. The first-order valence-electron chi connectivity index (χ1n) is 20.7. The third kappa shape index (κ3) is 4.78. The van der Waals surface area contributed by atoms with Crippen molar-refractivity contribution in [2.45, 2.75) is 10.8 Å². The van der Waals surface area contributed by atoms with Crippen LogP contribution in [-0.2, 0) is 10.8 Å². The average Bonchev–Trinajstić information content (AvgIpc) is 4.01. The Kier molecular flexibility index (Phi) is 7.73. The van der Waals surface area contributed by atoms with Crippen molar-refractivity contribution < 1.29 is 9.47 Å². The van der Waals surface area contributed by atoms with E-state index in [1.54, 1.807) is 0 Å². The summed E-state index contributed by atoms with van der Waals surface area (Å²) >= 11 is 0. The second kappa shape index (κ2) is 13.5. The SMILES string of the molecule is c1ccc(C2(c3ccccc3)c3ccccc3-c3cc(N(c4ccc5c(c4)OCO5)c4cccc5c4-c4ccccc4C5(c4ccccc4)c4ccccc4)ccc32)cc1. The lowest BCUT2D eigenvalue weighted by Gasteiger charge is -2.35. The Labute approximate surface area is 350 Å². The Bertz CT molecular complexity index is 2990. The second-order valence-corrected chi connectivity index (χ2v) is 15.9. The molecule has 9 aromatic carbocycles. The van der Waals surface area contributed by atoms with Crippen molar-refractivity contribution in [1.82, 2.24) is 0 Å². The Morgan fingerprint density at radius 1 is 0.333 bits per heavy atom. The van der Waals surface area contributed by atoms with Gasteiger partial charge in [0.15, 0.2) is 11.5 Å². The Morgan fingerprint density at radius 3 is 1.40 bits per heavy atom. The van der Waals surface area contributed by atoms with Crippen LogP contribution in [0.25, 0.3) is 22.3 Å². The molecule has 2 aliphatic carbocycles. The Hall–Kier alpha value is -7.62. The van der Waals surface area contributed by atoms with Crippen molar-refractivity contribution >= 4 is 17.1 Å². The lowest BCUT2D eigenvalue weighted by Crippen LogP contribution is -2.28. The van der Waals surface area contributed by atoms with Crippen LogP contribution < -0.4 is 14.4 Å². The number of hydrogen-bond acceptors (Lipinski definition) is 3. The van der Waals surface area contributed by atoms with Gasteiger partial charge in [-0.25, -0.2) is 0 Å². The number of anilines is 3. The third-order valence-electron chi connectivity index (χ3n) is 13.0. The van der Waals surface area contributed by atoms with Gasteiger partial charge in [0.2, 0.25) is 6.79 Å². The minimum atomic E-state index is -0.535. The highest BCUT2D eigenvalue weighted by Gasteiger charge is 2.48. The van der Waals surface area contributed by atoms with Crippen LogP contribution in [0.2, 0.25) is 0 Å². The minimum Gasteiger partial charge on any atom is -0.454 e. The van der Waals surface area contributed by atoms with Gasteiger partial charge in [0, 0.05) is 17.3 Å². The smallest absolute Gasteiger partial charge is 0.231 e. The van der Waals surface area contributed by atoms with Gasteiger partial charge in [-0.05, 0) is 91.5 Å². The highest BCUT2D eigenvalue weighted by molar-refractivity contribution is 5.98. The lowest BCUT2D eigenvalue weighted by atomic mass is 9.67. The fourth-order valence-corrected chi connectivity index (χ4v) is 10.7. The highest BCUT2D eigenvalue weighted by atomic mass is 16.7. The molecule has 0 unspecified atom stereocenters. The summed E-state index contributed by atoms with van der Waals surface area (Å²) in [6.45, 7) is 0.209. The van der Waals surface area contributed by atoms with E-state index >= 15 is 0 Å². The molecule has 0 bridgehead atoms. The van der Waals surface area contributed by atoms with Gasteiger partial charge in [-0.1, -0.05) is 188 Å². The van der Waals surface area contributed by atoms with Gasteiger partial charge in [0.05, 0.1) is 22.2 Å². The molecule has 0 atom stereocenters. The van der Waals surface area contributed by atoms with Crippen LogP contribution in [0.1, 0.15) is 44.5 Å². The molecular weight excluding hydrogens is 731 g/mol. The van der Waals surface area contributed by atoms with Crippen molar-refractivity contribution in [3.05, 3.63) is 269 Å². The molecule has 0 saturated carbocycles. The van der Waals surface area contributed by atoms with Gasteiger partial charge < -0.3 is 14.4 Å². The standard InChI is InChI=1S/C57H39NO2/c1-5-18-39(19-6-1)56(40-20-7-2-8-21-40)48-28-15-13-26-45(48)47-36-43(32-34-50(47)56)58(44-33-35-53-54(37-44)60-38-59-53)52-31-17-30-51-55(52)46-27-14-16-29-49(46)57(51,41-22-9-3-10-23-41)42-24-11-4-12-25-42/h1-37H,38H2. The summed E-state index contributed by atoms with van der Waals surface area (Å²) in [5.41, 5.74) is 17.1. The number of hydrogen-bond donors (Lipinski definition) is 0. The van der Waals surface area contributed by atoms with Crippen LogP contribution in [0.3, 0.4) is 0 Å². The average molecular weight is 770 g/mol. The van der Waals surface area contributed by atoms with Gasteiger partial charge in [0.25, 0.3) is 0 Å². The van der Waals surface area contributed by atoms with Crippen molar-refractivity contribution in [3.63, 3.8) is 0 Å². The second-order valence-electron chi connectivity index (χ2n) is 15.9. The Balaban J connectivity index is 1.15. The molecule has 0 aromatic heterocycles. The number of ether oxygens (including phenoxy) is 2. The van der Waals surface area contributed by atoms with Crippen molar-refractivity contribution in [2.24, 2.45) is 0 Å². The van der Waals surface area contributed by atoms with Gasteiger partial charge in [-0.15, -0.1) is 0 Å². The molecule has 0 fully saturated rings. The quantitative estimate of drug-likeness (QED) is 0.161. The van der Waals surface area contributed by atoms with Crippen LogP contribution in [0, 0.1) is 0 Å². The fraction of sp³-hybridized carbons (Fsp3) is 0.0526. The molecule has 3 heteroatoms. The molecule has 0 radical (unpaired) electrons. The monoisotopic (exact) mass is 769 g/mol. The van der Waals surface area contributed by atoms with Gasteiger partial charge >= 0.3 is 0 Å². The number of fused-ring (bicyclic) bond motifs is 7. The molecule has 9 aromatic rings. The van der Waals surface area contributed by atoms with Crippen LogP contribution in [0.4, 0.5) is 17.1 Å². The van der Waals surface area contributed by atoms with E-state index in [1.807, 2.05) is 6.07 Å². The molecule has 60 heavy (non-hydrogen) atoms. The molecule has 1 aliphatic heterocycles. The molecule has 12 rings (SSSR count). The summed E-state index contributed by atoms with van der Waals surface area (Å²) in [6.07, 6.45) is 0. The number of nitrogens with zero attached hydrogens (tertiary/aromatic N) is 1. The maximum atomic E-state index is 6.06. The summed E-state index contributed by atoms with van der Waals surface area (Å²) in [5.74, 6) is 1.50. The molecule has 0 N–H and O–H groups in total. The first kappa shape index (κ1) is 34.4. The van der Waals surface area contributed by atoms with Crippen LogP contribution in [0.5, 0.6) is 11.5 Å². The van der Waals surface area contributed by atoms with E-state index in [0.717, 1.165) is 28.6 Å². The van der Waals surface area contributed by atoms with Crippen molar-refractivity contribution in [2.75, 3.05) is 11.7 Å². The summed E-state index contributed by atoms with van der Waals surface area (Å²) in [7, 11) is 0. The largest absolute Gasteiger partial charge is 0.454 e. The van der Waals surface area contributed by atoms with E-state index in [4.69, 9.17) is 9.47 Å².